The van der Waals surface area contributed by atoms with Gasteiger partial charge in [0.15, 0.2) is 11.0 Å². The number of thioether (sulfide) groups is 1. The van der Waals surface area contributed by atoms with Crippen molar-refractivity contribution in [1.29, 1.82) is 5.26 Å². The molecule has 31 heavy (non-hydrogen) atoms. The van der Waals surface area contributed by atoms with Crippen molar-refractivity contribution in [2.45, 2.75) is 42.8 Å². The molecule has 158 valence electrons. The second kappa shape index (κ2) is 9.50. The lowest BCUT2D eigenvalue weighted by atomic mass is 9.83. The fourth-order valence-electron chi connectivity index (χ4n) is 3.73. The van der Waals surface area contributed by atoms with Gasteiger partial charge in [-0.05, 0) is 49.2 Å². The number of hydrogen-bond donors (Lipinski definition) is 1. The highest BCUT2D eigenvalue weighted by Crippen LogP contribution is 2.30. The molecule has 2 heterocycles. The summed E-state index contributed by atoms with van der Waals surface area (Å²) in [6.07, 6.45) is 7.82. The van der Waals surface area contributed by atoms with Crippen LogP contribution >= 0.6 is 23.4 Å². The number of nitriles is 1. The summed E-state index contributed by atoms with van der Waals surface area (Å²) < 4.78 is 1.89. The Morgan fingerprint density at radius 3 is 2.52 bits per heavy atom. The highest BCUT2D eigenvalue weighted by molar-refractivity contribution is 7.99. The molecule has 0 atom stereocenters. The molecule has 0 bridgehead atoms. The van der Waals surface area contributed by atoms with E-state index in [-0.39, 0.29) is 11.7 Å². The average molecular weight is 453 g/mol. The van der Waals surface area contributed by atoms with Crippen LogP contribution in [0.1, 0.15) is 32.1 Å². The number of rotatable bonds is 6. The number of aromatic nitrogens is 4. The first-order chi connectivity index (χ1) is 15.1. The second-order valence-electron chi connectivity index (χ2n) is 7.45. The molecule has 1 fully saturated rings. The summed E-state index contributed by atoms with van der Waals surface area (Å²) in [5, 5.41) is 22.5. The van der Waals surface area contributed by atoms with Crippen LogP contribution in [-0.4, -0.2) is 36.9 Å². The Morgan fingerprint density at radius 1 is 1.13 bits per heavy atom. The average Bonchev–Trinajstić information content (AvgIpc) is 3.23. The van der Waals surface area contributed by atoms with Gasteiger partial charge in [0.25, 0.3) is 0 Å². The molecule has 1 aromatic carbocycles. The Morgan fingerprint density at radius 2 is 1.84 bits per heavy atom. The lowest BCUT2D eigenvalue weighted by molar-refractivity contribution is -0.120. The molecule has 1 saturated carbocycles. The van der Waals surface area contributed by atoms with Crippen LogP contribution < -0.4 is 5.32 Å². The molecule has 4 rings (SSSR count). The van der Waals surface area contributed by atoms with E-state index in [1.807, 2.05) is 28.8 Å². The summed E-state index contributed by atoms with van der Waals surface area (Å²) in [6, 6.07) is 13.4. The van der Waals surface area contributed by atoms with Crippen LogP contribution in [0.5, 0.6) is 0 Å². The van der Waals surface area contributed by atoms with Gasteiger partial charge in [0.05, 0.1) is 11.8 Å². The standard InChI is InChI=1S/C22H21ClN6OS/c23-17-4-6-18(7-5-17)29-20(16-8-12-25-13-9-16)27-28-21(29)31-14-19(30)26-22(15-24)10-2-1-3-11-22/h4-9,12-13H,1-3,10-11,14H2,(H,26,30). The van der Waals surface area contributed by atoms with E-state index in [0.29, 0.717) is 28.8 Å². The van der Waals surface area contributed by atoms with Gasteiger partial charge in [-0.2, -0.15) is 5.26 Å². The second-order valence-corrected chi connectivity index (χ2v) is 8.82. The van der Waals surface area contributed by atoms with Crippen LogP contribution in [0.15, 0.2) is 53.9 Å². The Kier molecular flexibility index (Phi) is 6.54. The monoisotopic (exact) mass is 452 g/mol. The number of pyridine rings is 1. The molecule has 0 aliphatic heterocycles. The van der Waals surface area contributed by atoms with Gasteiger partial charge in [0.2, 0.25) is 5.91 Å². The number of hydrogen-bond acceptors (Lipinski definition) is 6. The molecular weight excluding hydrogens is 432 g/mol. The summed E-state index contributed by atoms with van der Waals surface area (Å²) in [5.41, 5.74) is 0.950. The van der Waals surface area contributed by atoms with E-state index in [2.05, 4.69) is 26.6 Å². The number of amides is 1. The molecule has 3 aromatic rings. The van der Waals surface area contributed by atoms with Gasteiger partial charge in [0, 0.05) is 28.7 Å². The summed E-state index contributed by atoms with van der Waals surface area (Å²) in [5.74, 6) is 0.615. The van der Waals surface area contributed by atoms with Crippen molar-refractivity contribution in [2.24, 2.45) is 0 Å². The van der Waals surface area contributed by atoms with E-state index < -0.39 is 5.54 Å². The maximum absolute atomic E-state index is 12.7. The van der Waals surface area contributed by atoms with Gasteiger partial charge in [0.1, 0.15) is 5.54 Å². The smallest absolute Gasteiger partial charge is 0.231 e. The number of nitrogens with one attached hydrogen (secondary N) is 1. The first kappa shape index (κ1) is 21.3. The number of carbonyl (C=O) groups is 1. The van der Waals surface area contributed by atoms with Crippen molar-refractivity contribution in [3.8, 4) is 23.1 Å². The summed E-state index contributed by atoms with van der Waals surface area (Å²) in [7, 11) is 0. The van der Waals surface area contributed by atoms with Crippen molar-refractivity contribution >= 4 is 29.3 Å². The number of halogens is 1. The number of nitrogens with zero attached hydrogens (tertiary/aromatic N) is 5. The minimum absolute atomic E-state index is 0.144. The molecule has 0 radical (unpaired) electrons. The van der Waals surface area contributed by atoms with E-state index in [0.717, 1.165) is 30.5 Å². The lowest BCUT2D eigenvalue weighted by Crippen LogP contribution is -2.49. The third-order valence-corrected chi connectivity index (χ3v) is 6.47. The van der Waals surface area contributed by atoms with Crippen molar-refractivity contribution in [3.05, 3.63) is 53.8 Å². The van der Waals surface area contributed by atoms with Crippen LogP contribution in [0, 0.1) is 11.3 Å². The molecule has 7 nitrogen and oxygen atoms in total. The van der Waals surface area contributed by atoms with Crippen molar-refractivity contribution in [3.63, 3.8) is 0 Å². The van der Waals surface area contributed by atoms with Crippen LogP contribution in [-0.2, 0) is 4.79 Å². The minimum Gasteiger partial charge on any atom is -0.337 e. The van der Waals surface area contributed by atoms with Crippen LogP contribution in [0.4, 0.5) is 0 Å². The molecule has 1 N–H and O–H groups in total. The predicted molar refractivity (Wildman–Crippen MR) is 120 cm³/mol. The fourth-order valence-corrected chi connectivity index (χ4v) is 4.61. The molecule has 1 aliphatic carbocycles. The number of carbonyl (C=O) groups excluding carboxylic acids is 1. The fraction of sp³-hybridized carbons (Fsp3) is 0.318. The molecule has 9 heteroatoms. The third kappa shape index (κ3) is 4.89. The highest BCUT2D eigenvalue weighted by Gasteiger charge is 2.33. The van der Waals surface area contributed by atoms with E-state index in [1.165, 1.54) is 11.8 Å². The van der Waals surface area contributed by atoms with E-state index >= 15 is 0 Å². The summed E-state index contributed by atoms with van der Waals surface area (Å²) in [6.45, 7) is 0. The first-order valence-electron chi connectivity index (χ1n) is 10.1. The summed E-state index contributed by atoms with van der Waals surface area (Å²) >= 11 is 7.35. The Balaban J connectivity index is 1.57. The van der Waals surface area contributed by atoms with Crippen molar-refractivity contribution in [1.82, 2.24) is 25.1 Å². The quantitative estimate of drug-likeness (QED) is 0.556. The Bertz CT molecular complexity index is 1090. The molecule has 1 amide bonds. The molecule has 0 unspecified atom stereocenters. The Labute approximate surface area is 189 Å². The molecule has 0 saturated heterocycles. The zero-order chi connectivity index (χ0) is 21.7. The SMILES string of the molecule is N#CC1(NC(=O)CSc2nnc(-c3ccncc3)n2-c2ccc(Cl)cc2)CCCCC1. The zero-order valence-corrected chi connectivity index (χ0v) is 18.4. The minimum atomic E-state index is -0.748. The van der Waals surface area contributed by atoms with Gasteiger partial charge >= 0.3 is 0 Å². The van der Waals surface area contributed by atoms with Gasteiger partial charge in [-0.15, -0.1) is 10.2 Å². The molecular formula is C22H21ClN6OS. The Hall–Kier alpha value is -2.89. The van der Waals surface area contributed by atoms with Gasteiger partial charge in [-0.1, -0.05) is 42.6 Å². The van der Waals surface area contributed by atoms with E-state index in [9.17, 15) is 10.1 Å². The molecule has 1 aliphatic rings. The highest BCUT2D eigenvalue weighted by atomic mass is 35.5. The topological polar surface area (TPSA) is 96.5 Å². The maximum Gasteiger partial charge on any atom is 0.231 e. The van der Waals surface area contributed by atoms with Crippen LogP contribution in [0.25, 0.3) is 17.1 Å². The summed E-state index contributed by atoms with van der Waals surface area (Å²) in [4.78, 5) is 16.7. The van der Waals surface area contributed by atoms with Crippen molar-refractivity contribution in [2.75, 3.05) is 5.75 Å². The lowest BCUT2D eigenvalue weighted by Gasteiger charge is -2.31. The predicted octanol–water partition coefficient (Wildman–Crippen LogP) is 4.42. The largest absolute Gasteiger partial charge is 0.337 e. The normalized spacial score (nSPS) is 15.2. The van der Waals surface area contributed by atoms with Gasteiger partial charge < -0.3 is 5.32 Å². The molecule has 0 spiro atoms. The zero-order valence-electron chi connectivity index (χ0n) is 16.8. The maximum atomic E-state index is 12.7. The first-order valence-corrected chi connectivity index (χ1v) is 11.4. The number of benzene rings is 1. The van der Waals surface area contributed by atoms with E-state index in [1.54, 1.807) is 24.5 Å². The molecule has 2 aromatic heterocycles. The third-order valence-electron chi connectivity index (χ3n) is 5.29. The van der Waals surface area contributed by atoms with Crippen molar-refractivity contribution < 1.29 is 4.79 Å². The van der Waals surface area contributed by atoms with Crippen LogP contribution in [0.2, 0.25) is 5.02 Å². The van der Waals surface area contributed by atoms with Crippen LogP contribution in [0.3, 0.4) is 0 Å². The van der Waals surface area contributed by atoms with E-state index in [4.69, 9.17) is 11.6 Å². The van der Waals surface area contributed by atoms with Gasteiger partial charge in [-0.25, -0.2) is 0 Å². The van der Waals surface area contributed by atoms with Gasteiger partial charge in [-0.3, -0.25) is 14.3 Å².